The lowest BCUT2D eigenvalue weighted by molar-refractivity contribution is 0.0954. The predicted molar refractivity (Wildman–Crippen MR) is 86.9 cm³/mol. The van der Waals surface area contributed by atoms with Crippen molar-refractivity contribution < 1.29 is 4.79 Å². The number of hydrazone groups is 1. The Morgan fingerprint density at radius 2 is 1.86 bits per heavy atom. The maximum atomic E-state index is 12.1. The summed E-state index contributed by atoms with van der Waals surface area (Å²) in [5.41, 5.74) is 6.01. The highest BCUT2D eigenvalue weighted by atomic mass is 35.5. The summed E-state index contributed by atoms with van der Waals surface area (Å²) in [5.74, 6) is -0.210. The molecule has 0 aliphatic heterocycles. The fourth-order valence-corrected chi connectivity index (χ4v) is 2.09. The first-order valence-electron chi connectivity index (χ1n) is 6.79. The van der Waals surface area contributed by atoms with Crippen molar-refractivity contribution in [2.75, 3.05) is 0 Å². The average molecular weight is 301 g/mol. The number of nitrogens with one attached hydrogen (secondary N) is 1. The molecule has 2 aromatic carbocycles. The van der Waals surface area contributed by atoms with Gasteiger partial charge in [-0.3, -0.25) is 4.79 Å². The van der Waals surface area contributed by atoms with Gasteiger partial charge in [0.15, 0.2) is 0 Å². The maximum Gasteiger partial charge on any atom is 0.271 e. The highest BCUT2D eigenvalue weighted by Crippen LogP contribution is 2.11. The van der Waals surface area contributed by atoms with Gasteiger partial charge in [-0.15, -0.1) is 0 Å². The number of nitrogens with zero attached hydrogens (tertiary/aromatic N) is 1. The molecular weight excluding hydrogens is 284 g/mol. The van der Waals surface area contributed by atoms with Gasteiger partial charge in [0.05, 0.1) is 5.71 Å². The van der Waals surface area contributed by atoms with Crippen molar-refractivity contribution in [3.63, 3.8) is 0 Å². The molecule has 0 atom stereocenters. The van der Waals surface area contributed by atoms with Crippen molar-refractivity contribution in [2.45, 2.75) is 20.3 Å². The minimum Gasteiger partial charge on any atom is -0.267 e. The largest absolute Gasteiger partial charge is 0.271 e. The summed E-state index contributed by atoms with van der Waals surface area (Å²) in [7, 11) is 0. The predicted octanol–water partition coefficient (Wildman–Crippen LogP) is 4.19. The van der Waals surface area contributed by atoms with E-state index >= 15 is 0 Å². The summed E-state index contributed by atoms with van der Waals surface area (Å²) in [5, 5.41) is 4.90. The Balaban J connectivity index is 2.14. The molecule has 0 heterocycles. The zero-order chi connectivity index (χ0) is 15.2. The van der Waals surface area contributed by atoms with E-state index in [4.69, 9.17) is 11.6 Å². The molecule has 0 unspecified atom stereocenters. The summed E-state index contributed by atoms with van der Waals surface area (Å²) in [4.78, 5) is 12.1. The SMILES string of the molecule is CC/C(=N\NC(=O)c1cccc(C)c1)c1ccc(Cl)cc1. The van der Waals surface area contributed by atoms with Crippen LogP contribution in [0.15, 0.2) is 53.6 Å². The number of aryl methyl sites for hydroxylation is 1. The molecule has 0 aliphatic carbocycles. The summed E-state index contributed by atoms with van der Waals surface area (Å²) in [6, 6.07) is 14.8. The number of amides is 1. The lowest BCUT2D eigenvalue weighted by Crippen LogP contribution is -2.20. The number of rotatable bonds is 4. The van der Waals surface area contributed by atoms with Crippen LogP contribution < -0.4 is 5.43 Å². The molecule has 0 bridgehead atoms. The van der Waals surface area contributed by atoms with Gasteiger partial charge in [-0.25, -0.2) is 5.43 Å². The van der Waals surface area contributed by atoms with Gasteiger partial charge in [0, 0.05) is 10.6 Å². The molecule has 0 aliphatic rings. The third-order valence-electron chi connectivity index (χ3n) is 3.09. The molecule has 21 heavy (non-hydrogen) atoms. The highest BCUT2D eigenvalue weighted by Gasteiger charge is 2.06. The summed E-state index contributed by atoms with van der Waals surface area (Å²) < 4.78 is 0. The Morgan fingerprint density at radius 3 is 2.48 bits per heavy atom. The van der Waals surface area contributed by atoms with Gasteiger partial charge in [-0.1, -0.05) is 48.4 Å². The molecular formula is C17H17ClN2O. The molecule has 108 valence electrons. The summed E-state index contributed by atoms with van der Waals surface area (Å²) in [6.07, 6.45) is 0.718. The van der Waals surface area contributed by atoms with Crippen molar-refractivity contribution in [1.82, 2.24) is 5.43 Å². The topological polar surface area (TPSA) is 41.5 Å². The fraction of sp³-hybridized carbons (Fsp3) is 0.176. The number of carbonyl (C=O) groups is 1. The highest BCUT2D eigenvalue weighted by molar-refractivity contribution is 6.30. The normalized spacial score (nSPS) is 11.3. The lowest BCUT2D eigenvalue weighted by atomic mass is 10.1. The van der Waals surface area contributed by atoms with E-state index in [-0.39, 0.29) is 5.91 Å². The van der Waals surface area contributed by atoms with Crippen molar-refractivity contribution in [2.24, 2.45) is 5.10 Å². The molecule has 0 fully saturated rings. The standard InChI is InChI=1S/C17H17ClN2O/c1-3-16(13-7-9-15(18)10-8-13)19-20-17(21)14-6-4-5-12(2)11-14/h4-11H,3H2,1-2H3,(H,20,21)/b19-16+. The van der Waals surface area contributed by atoms with Crippen LogP contribution in [-0.2, 0) is 0 Å². The number of hydrogen-bond acceptors (Lipinski definition) is 2. The average Bonchev–Trinajstić information content (AvgIpc) is 2.49. The Morgan fingerprint density at radius 1 is 1.14 bits per heavy atom. The molecule has 2 rings (SSSR count). The van der Waals surface area contributed by atoms with Crippen LogP contribution in [0.4, 0.5) is 0 Å². The van der Waals surface area contributed by atoms with Crippen molar-refractivity contribution >= 4 is 23.2 Å². The van der Waals surface area contributed by atoms with Crippen molar-refractivity contribution in [3.05, 3.63) is 70.2 Å². The molecule has 2 aromatic rings. The zero-order valence-electron chi connectivity index (χ0n) is 12.1. The molecule has 0 saturated carbocycles. The first-order valence-corrected chi connectivity index (χ1v) is 7.17. The molecule has 0 radical (unpaired) electrons. The molecule has 1 amide bonds. The van der Waals surface area contributed by atoms with Crippen LogP contribution in [0.5, 0.6) is 0 Å². The first-order chi connectivity index (χ1) is 10.1. The Bertz CT molecular complexity index is 663. The van der Waals surface area contributed by atoms with E-state index in [1.165, 1.54) is 0 Å². The number of hydrogen-bond donors (Lipinski definition) is 1. The van der Waals surface area contributed by atoms with E-state index in [0.717, 1.165) is 23.3 Å². The third-order valence-corrected chi connectivity index (χ3v) is 3.34. The van der Waals surface area contributed by atoms with Gasteiger partial charge in [0.1, 0.15) is 0 Å². The van der Waals surface area contributed by atoms with Crippen LogP contribution in [-0.4, -0.2) is 11.6 Å². The Kier molecular flexibility index (Phi) is 5.12. The fourth-order valence-electron chi connectivity index (χ4n) is 1.96. The number of benzene rings is 2. The van der Waals surface area contributed by atoms with Gasteiger partial charge in [0.2, 0.25) is 0 Å². The minimum absolute atomic E-state index is 0.210. The molecule has 4 heteroatoms. The van der Waals surface area contributed by atoms with Gasteiger partial charge in [0.25, 0.3) is 5.91 Å². The van der Waals surface area contributed by atoms with Crippen molar-refractivity contribution in [3.8, 4) is 0 Å². The van der Waals surface area contributed by atoms with E-state index in [1.54, 1.807) is 6.07 Å². The van der Waals surface area contributed by atoms with Crippen LogP contribution >= 0.6 is 11.6 Å². The second-order valence-electron chi connectivity index (χ2n) is 4.73. The lowest BCUT2D eigenvalue weighted by Gasteiger charge is -2.06. The summed E-state index contributed by atoms with van der Waals surface area (Å²) in [6.45, 7) is 3.94. The molecule has 1 N–H and O–H groups in total. The van der Waals surface area contributed by atoms with Crippen LogP contribution in [0.25, 0.3) is 0 Å². The molecule has 0 saturated heterocycles. The van der Waals surface area contributed by atoms with E-state index in [0.29, 0.717) is 10.6 Å². The van der Waals surface area contributed by atoms with Gasteiger partial charge < -0.3 is 0 Å². The smallest absolute Gasteiger partial charge is 0.267 e. The molecule has 0 aromatic heterocycles. The second kappa shape index (κ2) is 7.04. The number of carbonyl (C=O) groups excluding carboxylic acids is 1. The zero-order valence-corrected chi connectivity index (χ0v) is 12.8. The van der Waals surface area contributed by atoms with E-state index in [9.17, 15) is 4.79 Å². The van der Waals surface area contributed by atoms with Crippen LogP contribution in [0.3, 0.4) is 0 Å². The first kappa shape index (κ1) is 15.3. The monoisotopic (exact) mass is 300 g/mol. The van der Waals surface area contributed by atoms with Gasteiger partial charge in [-0.05, 0) is 43.2 Å². The quantitative estimate of drug-likeness (QED) is 0.667. The minimum atomic E-state index is -0.210. The molecule has 3 nitrogen and oxygen atoms in total. The van der Waals surface area contributed by atoms with Crippen molar-refractivity contribution in [1.29, 1.82) is 0 Å². The Labute approximate surface area is 129 Å². The van der Waals surface area contributed by atoms with E-state index < -0.39 is 0 Å². The molecule has 0 spiro atoms. The van der Waals surface area contributed by atoms with Crippen LogP contribution in [0.1, 0.15) is 34.8 Å². The van der Waals surface area contributed by atoms with E-state index in [2.05, 4.69) is 10.5 Å². The second-order valence-corrected chi connectivity index (χ2v) is 5.17. The van der Waals surface area contributed by atoms with Gasteiger partial charge in [-0.2, -0.15) is 5.10 Å². The van der Waals surface area contributed by atoms with Gasteiger partial charge >= 0.3 is 0 Å². The van der Waals surface area contributed by atoms with E-state index in [1.807, 2.05) is 56.3 Å². The Hall–Kier alpha value is -2.13. The third kappa shape index (κ3) is 4.17. The summed E-state index contributed by atoms with van der Waals surface area (Å²) >= 11 is 5.87. The van der Waals surface area contributed by atoms with Crippen LogP contribution in [0.2, 0.25) is 5.02 Å². The number of halogens is 1. The maximum absolute atomic E-state index is 12.1. The van der Waals surface area contributed by atoms with Crippen LogP contribution in [0, 0.1) is 6.92 Å².